The van der Waals surface area contributed by atoms with Crippen LogP contribution in [0, 0.1) is 12.8 Å². The summed E-state index contributed by atoms with van der Waals surface area (Å²) in [4.78, 5) is 0. The van der Waals surface area contributed by atoms with Gasteiger partial charge in [-0.1, -0.05) is 0 Å². The van der Waals surface area contributed by atoms with Gasteiger partial charge in [0.25, 0.3) is 0 Å². The third kappa shape index (κ3) is 1.30. The fourth-order valence-electron chi connectivity index (χ4n) is 1.45. The summed E-state index contributed by atoms with van der Waals surface area (Å²) in [5.74, 6) is 0.897. The van der Waals surface area contributed by atoms with E-state index in [1.54, 1.807) is 0 Å². The molecule has 0 bridgehead atoms. The molecule has 1 aliphatic carbocycles. The van der Waals surface area contributed by atoms with E-state index in [1.165, 1.54) is 12.8 Å². The van der Waals surface area contributed by atoms with Gasteiger partial charge in [-0.3, -0.25) is 4.68 Å². The highest BCUT2D eigenvalue weighted by Crippen LogP contribution is 2.38. The number of aromatic nitrogens is 2. The Labute approximate surface area is 67.2 Å². The molecule has 1 aromatic rings. The van der Waals surface area contributed by atoms with Gasteiger partial charge in [-0.05, 0) is 38.7 Å². The molecule has 0 amide bonds. The molecule has 1 heterocycles. The zero-order chi connectivity index (χ0) is 7.84. The minimum Gasteiger partial charge on any atom is -0.269 e. The summed E-state index contributed by atoms with van der Waals surface area (Å²) in [6.45, 7) is 4.29. The van der Waals surface area contributed by atoms with Gasteiger partial charge in [0.15, 0.2) is 0 Å². The first-order valence-corrected chi connectivity index (χ1v) is 4.29. The summed E-state index contributed by atoms with van der Waals surface area (Å²) >= 11 is 0. The molecule has 0 radical (unpaired) electrons. The lowest BCUT2D eigenvalue weighted by molar-refractivity contribution is 0.438. The van der Waals surface area contributed by atoms with Crippen molar-refractivity contribution in [3.63, 3.8) is 0 Å². The third-order valence-electron chi connectivity index (χ3n) is 2.46. The first-order chi connectivity index (χ1) is 5.27. The van der Waals surface area contributed by atoms with Crippen molar-refractivity contribution < 1.29 is 0 Å². The van der Waals surface area contributed by atoms with Crippen LogP contribution in [0.2, 0.25) is 0 Å². The molecule has 1 unspecified atom stereocenters. The highest BCUT2D eigenvalue weighted by Gasteiger charge is 2.29. The summed E-state index contributed by atoms with van der Waals surface area (Å²) in [5.41, 5.74) is 1.12. The molecule has 2 nitrogen and oxygen atoms in total. The molecule has 0 spiro atoms. The Morgan fingerprint density at radius 1 is 1.64 bits per heavy atom. The van der Waals surface area contributed by atoms with Crippen LogP contribution < -0.4 is 0 Å². The lowest BCUT2D eigenvalue weighted by Crippen LogP contribution is -2.07. The van der Waals surface area contributed by atoms with Crippen LogP contribution in [-0.2, 0) is 0 Å². The Kier molecular flexibility index (Phi) is 1.48. The number of hydrogen-bond acceptors (Lipinski definition) is 1. The van der Waals surface area contributed by atoms with Gasteiger partial charge in [-0.25, -0.2) is 0 Å². The van der Waals surface area contributed by atoms with Crippen molar-refractivity contribution in [1.82, 2.24) is 9.78 Å². The van der Waals surface area contributed by atoms with Crippen molar-refractivity contribution in [3.05, 3.63) is 18.0 Å². The van der Waals surface area contributed by atoms with Crippen molar-refractivity contribution in [3.8, 4) is 0 Å². The monoisotopic (exact) mass is 150 g/mol. The molecule has 1 aliphatic rings. The fourth-order valence-corrected chi connectivity index (χ4v) is 1.45. The van der Waals surface area contributed by atoms with Crippen LogP contribution in [0.4, 0.5) is 0 Å². The predicted molar refractivity (Wildman–Crippen MR) is 44.4 cm³/mol. The molecular weight excluding hydrogens is 136 g/mol. The first kappa shape index (κ1) is 6.89. The van der Waals surface area contributed by atoms with Gasteiger partial charge < -0.3 is 0 Å². The van der Waals surface area contributed by atoms with E-state index < -0.39 is 0 Å². The minimum absolute atomic E-state index is 0.615. The minimum atomic E-state index is 0.615. The van der Waals surface area contributed by atoms with E-state index in [-0.39, 0.29) is 0 Å². The molecule has 2 heteroatoms. The van der Waals surface area contributed by atoms with Crippen LogP contribution in [-0.4, -0.2) is 9.78 Å². The Morgan fingerprint density at radius 2 is 2.36 bits per heavy atom. The molecule has 0 aromatic carbocycles. The van der Waals surface area contributed by atoms with E-state index in [9.17, 15) is 0 Å². The van der Waals surface area contributed by atoms with Crippen LogP contribution in [0.1, 0.15) is 31.5 Å². The number of nitrogens with zero attached hydrogens (tertiary/aromatic N) is 2. The molecule has 0 saturated heterocycles. The lowest BCUT2D eigenvalue weighted by atomic mass is 10.2. The molecule has 60 valence electrons. The zero-order valence-electron chi connectivity index (χ0n) is 7.12. The van der Waals surface area contributed by atoms with E-state index in [4.69, 9.17) is 0 Å². The zero-order valence-corrected chi connectivity index (χ0v) is 7.12. The maximum atomic E-state index is 4.39. The second kappa shape index (κ2) is 2.36. The molecule has 1 atom stereocenters. The predicted octanol–water partition coefficient (Wildman–Crippen LogP) is 2.16. The molecule has 0 aliphatic heterocycles. The second-order valence-electron chi connectivity index (χ2n) is 3.52. The van der Waals surface area contributed by atoms with Crippen LogP contribution in [0.15, 0.2) is 12.3 Å². The molecule has 2 rings (SSSR count). The van der Waals surface area contributed by atoms with Gasteiger partial charge in [0.05, 0.1) is 11.7 Å². The average molecular weight is 150 g/mol. The molecule has 0 N–H and O–H groups in total. The molecule has 1 aromatic heterocycles. The van der Waals surface area contributed by atoms with Crippen molar-refractivity contribution in [2.45, 2.75) is 32.7 Å². The first-order valence-electron chi connectivity index (χ1n) is 4.29. The SMILES string of the molecule is Cc1ccn(C(C)C2CC2)n1. The topological polar surface area (TPSA) is 17.8 Å². The van der Waals surface area contributed by atoms with Gasteiger partial charge in [0, 0.05) is 6.20 Å². The Bertz CT molecular complexity index is 248. The van der Waals surface area contributed by atoms with Crippen molar-refractivity contribution >= 4 is 0 Å². The number of rotatable bonds is 2. The van der Waals surface area contributed by atoms with Crippen LogP contribution >= 0.6 is 0 Å². The Balaban J connectivity index is 2.14. The standard InChI is InChI=1S/C9H14N2/c1-7-5-6-11(10-7)8(2)9-3-4-9/h5-6,8-9H,3-4H2,1-2H3. The largest absolute Gasteiger partial charge is 0.269 e. The Morgan fingerprint density at radius 3 is 2.82 bits per heavy atom. The van der Waals surface area contributed by atoms with Gasteiger partial charge in [0.1, 0.15) is 0 Å². The van der Waals surface area contributed by atoms with E-state index in [1.807, 2.05) is 6.92 Å². The Hall–Kier alpha value is -0.790. The van der Waals surface area contributed by atoms with Gasteiger partial charge in [-0.2, -0.15) is 5.10 Å². The smallest absolute Gasteiger partial charge is 0.0593 e. The van der Waals surface area contributed by atoms with E-state index in [2.05, 4.69) is 29.0 Å². The molecular formula is C9H14N2. The van der Waals surface area contributed by atoms with E-state index in [0.717, 1.165) is 11.6 Å². The quantitative estimate of drug-likeness (QED) is 0.631. The normalized spacial score (nSPS) is 20.2. The summed E-state index contributed by atoms with van der Waals surface area (Å²) in [6, 6.07) is 2.68. The van der Waals surface area contributed by atoms with Crippen LogP contribution in [0.3, 0.4) is 0 Å². The number of hydrogen-bond donors (Lipinski definition) is 0. The van der Waals surface area contributed by atoms with Crippen molar-refractivity contribution in [2.24, 2.45) is 5.92 Å². The fraction of sp³-hybridized carbons (Fsp3) is 0.667. The summed E-state index contributed by atoms with van der Waals surface area (Å²) in [5, 5.41) is 4.39. The lowest BCUT2D eigenvalue weighted by Gasteiger charge is -2.09. The molecule has 1 saturated carbocycles. The van der Waals surface area contributed by atoms with Gasteiger partial charge >= 0.3 is 0 Å². The second-order valence-corrected chi connectivity index (χ2v) is 3.52. The van der Waals surface area contributed by atoms with E-state index >= 15 is 0 Å². The number of aryl methyl sites for hydroxylation is 1. The average Bonchev–Trinajstić information content (AvgIpc) is 2.74. The van der Waals surface area contributed by atoms with Crippen LogP contribution in [0.25, 0.3) is 0 Å². The highest BCUT2D eigenvalue weighted by atomic mass is 15.3. The van der Waals surface area contributed by atoms with Crippen LogP contribution in [0.5, 0.6) is 0 Å². The van der Waals surface area contributed by atoms with Crippen molar-refractivity contribution in [1.29, 1.82) is 0 Å². The maximum absolute atomic E-state index is 4.39. The van der Waals surface area contributed by atoms with Gasteiger partial charge in [0.2, 0.25) is 0 Å². The molecule has 1 fully saturated rings. The summed E-state index contributed by atoms with van der Waals surface area (Å²) in [6.07, 6.45) is 4.86. The highest BCUT2D eigenvalue weighted by molar-refractivity contribution is 4.97. The van der Waals surface area contributed by atoms with Gasteiger partial charge in [-0.15, -0.1) is 0 Å². The van der Waals surface area contributed by atoms with Crippen molar-refractivity contribution in [2.75, 3.05) is 0 Å². The van der Waals surface area contributed by atoms with E-state index in [0.29, 0.717) is 6.04 Å². The third-order valence-corrected chi connectivity index (χ3v) is 2.46. The summed E-state index contributed by atoms with van der Waals surface area (Å²) < 4.78 is 2.09. The maximum Gasteiger partial charge on any atom is 0.0593 e. The summed E-state index contributed by atoms with van der Waals surface area (Å²) in [7, 11) is 0. The molecule has 11 heavy (non-hydrogen) atoms.